The molecule has 7 aliphatic rings. The highest BCUT2D eigenvalue weighted by atomic mass is 16.7. The molecule has 0 aromatic carbocycles. The van der Waals surface area contributed by atoms with Gasteiger partial charge in [-0.05, 0) is 111 Å². The van der Waals surface area contributed by atoms with Gasteiger partial charge in [-0.15, -0.1) is 0 Å². The molecule has 0 aromatic heterocycles. The molecule has 7 fully saturated rings. The molecule has 2 N–H and O–H groups in total. The van der Waals surface area contributed by atoms with Crippen LogP contribution in [0.5, 0.6) is 0 Å². The number of ether oxygens (including phenoxy) is 5. The van der Waals surface area contributed by atoms with Gasteiger partial charge in [-0.25, -0.2) is 0 Å². The van der Waals surface area contributed by atoms with E-state index < -0.39 is 29.9 Å². The smallest absolute Gasteiger partial charge is 0.303 e. The topological polar surface area (TPSA) is 107 Å². The molecule has 5 aliphatic carbocycles. The van der Waals surface area contributed by atoms with Gasteiger partial charge in [0.25, 0.3) is 0 Å². The van der Waals surface area contributed by atoms with Gasteiger partial charge in [-0.1, -0.05) is 34.6 Å². The van der Waals surface area contributed by atoms with Gasteiger partial charge >= 0.3 is 5.97 Å². The Hall–Kier alpha value is -0.810. The van der Waals surface area contributed by atoms with E-state index in [0.717, 1.165) is 45.5 Å². The lowest BCUT2D eigenvalue weighted by Gasteiger charge is -2.64. The van der Waals surface area contributed by atoms with Crippen molar-refractivity contribution in [3.63, 3.8) is 0 Å². The zero-order chi connectivity index (χ0) is 34.7. The molecule has 274 valence electrons. The predicted molar refractivity (Wildman–Crippen MR) is 181 cm³/mol. The van der Waals surface area contributed by atoms with Crippen LogP contribution in [-0.4, -0.2) is 103 Å². The Bertz CT molecular complexity index is 1240. The van der Waals surface area contributed by atoms with Crippen molar-refractivity contribution in [3.8, 4) is 0 Å². The third kappa shape index (κ3) is 4.97. The summed E-state index contributed by atoms with van der Waals surface area (Å²) in [6, 6.07) is 0. The van der Waals surface area contributed by atoms with Crippen molar-refractivity contribution >= 4 is 5.97 Å². The minimum absolute atomic E-state index is 0.0441. The van der Waals surface area contributed by atoms with Crippen molar-refractivity contribution in [1.29, 1.82) is 0 Å². The molecule has 2 spiro atoms. The maximum absolute atomic E-state index is 12.6. The summed E-state index contributed by atoms with van der Waals surface area (Å²) in [4.78, 5) is 14.5. The summed E-state index contributed by atoms with van der Waals surface area (Å²) in [6.45, 7) is 20.9. The maximum atomic E-state index is 12.6. The number of fused-ring (bicyclic) bond motifs is 4. The number of aliphatic hydroxyl groups is 2. The van der Waals surface area contributed by atoms with Crippen molar-refractivity contribution in [2.45, 2.75) is 149 Å². The number of methoxy groups -OCH3 is 1. The second kappa shape index (κ2) is 11.9. The molecule has 9 heteroatoms. The first-order chi connectivity index (χ1) is 22.5. The molecule has 9 nitrogen and oxygen atoms in total. The maximum Gasteiger partial charge on any atom is 0.303 e. The third-order valence-electron chi connectivity index (χ3n) is 16.1. The Morgan fingerprint density at radius 1 is 1.06 bits per heavy atom. The number of rotatable bonds is 8. The quantitative estimate of drug-likeness (QED) is 0.336. The Morgan fingerprint density at radius 2 is 1.77 bits per heavy atom. The molecule has 48 heavy (non-hydrogen) atoms. The molecule has 7 rings (SSSR count). The van der Waals surface area contributed by atoms with Crippen LogP contribution in [0.2, 0.25) is 0 Å². The molecule has 5 saturated carbocycles. The van der Waals surface area contributed by atoms with Crippen molar-refractivity contribution in [2.75, 3.05) is 40.0 Å². The molecular formula is C39H65NO8. The molecule has 2 heterocycles. The molecule has 2 saturated heterocycles. The van der Waals surface area contributed by atoms with Gasteiger partial charge in [0.2, 0.25) is 0 Å². The molecule has 0 amide bonds. The van der Waals surface area contributed by atoms with Gasteiger partial charge in [-0.2, -0.15) is 0 Å². The van der Waals surface area contributed by atoms with Crippen LogP contribution in [0.4, 0.5) is 0 Å². The van der Waals surface area contributed by atoms with E-state index in [2.05, 4.69) is 39.5 Å². The predicted octanol–water partition coefficient (Wildman–Crippen LogP) is 5.19. The molecule has 0 radical (unpaired) electrons. The van der Waals surface area contributed by atoms with E-state index in [1.165, 1.54) is 32.6 Å². The van der Waals surface area contributed by atoms with E-state index in [4.69, 9.17) is 23.7 Å². The van der Waals surface area contributed by atoms with Crippen molar-refractivity contribution in [2.24, 2.45) is 50.7 Å². The van der Waals surface area contributed by atoms with Gasteiger partial charge in [-0.3, -0.25) is 9.69 Å². The van der Waals surface area contributed by atoms with E-state index in [1.807, 2.05) is 0 Å². The summed E-state index contributed by atoms with van der Waals surface area (Å²) in [5.74, 6) is 1.11. The molecule has 14 atom stereocenters. The van der Waals surface area contributed by atoms with Crippen LogP contribution in [0.15, 0.2) is 0 Å². The van der Waals surface area contributed by atoms with Gasteiger partial charge in [0.05, 0.1) is 43.2 Å². The monoisotopic (exact) mass is 675 g/mol. The SMILES string of the molecule is COCCN1CCOC(O[C@H]2CC[C@]34C[C@]35CC[C@]3(C)C6C(O[C@@H]([C@H](OC(C)=O)C(C)(C)O)C[C@H]6C)[C@H](O)[C@@]3(C)[C@@H]5CC[C@H]4C2(C)C)C1. The highest BCUT2D eigenvalue weighted by Gasteiger charge is 2.84. The number of carbonyl (C=O) groups excluding carboxylic acids is 1. The van der Waals surface area contributed by atoms with E-state index in [-0.39, 0.29) is 52.0 Å². The molecule has 3 unspecified atom stereocenters. The summed E-state index contributed by atoms with van der Waals surface area (Å²) in [5.41, 5.74) is -0.966. The summed E-state index contributed by atoms with van der Waals surface area (Å²) in [7, 11) is 1.76. The number of carbonyl (C=O) groups is 1. The fraction of sp³-hybridized carbons (Fsp3) is 0.974. The van der Waals surface area contributed by atoms with Gasteiger partial charge in [0, 0.05) is 39.1 Å². The van der Waals surface area contributed by atoms with Crippen LogP contribution >= 0.6 is 0 Å². The number of morpholine rings is 1. The lowest BCUT2D eigenvalue weighted by Crippen LogP contribution is -2.60. The second-order valence-corrected chi connectivity index (χ2v) is 19.0. The minimum Gasteiger partial charge on any atom is -0.457 e. The first-order valence-electron chi connectivity index (χ1n) is 19.2. The van der Waals surface area contributed by atoms with Crippen molar-refractivity contribution < 1.29 is 38.7 Å². The number of esters is 1. The van der Waals surface area contributed by atoms with Crippen LogP contribution < -0.4 is 0 Å². The average molecular weight is 676 g/mol. The summed E-state index contributed by atoms with van der Waals surface area (Å²) in [5, 5.41) is 23.6. The second-order valence-electron chi connectivity index (χ2n) is 19.0. The zero-order valence-electron chi connectivity index (χ0n) is 31.3. The summed E-state index contributed by atoms with van der Waals surface area (Å²) >= 11 is 0. The van der Waals surface area contributed by atoms with Crippen LogP contribution in [0.1, 0.15) is 107 Å². The number of hydrogen-bond acceptors (Lipinski definition) is 9. The Morgan fingerprint density at radius 3 is 2.46 bits per heavy atom. The van der Waals surface area contributed by atoms with Crippen LogP contribution in [0.25, 0.3) is 0 Å². The Balaban J connectivity index is 1.11. The lowest BCUT2D eigenvalue weighted by molar-refractivity contribution is -0.249. The Labute approximate surface area is 289 Å². The molecule has 0 aromatic rings. The van der Waals surface area contributed by atoms with Crippen molar-refractivity contribution in [1.82, 2.24) is 4.90 Å². The first kappa shape index (κ1) is 35.6. The largest absolute Gasteiger partial charge is 0.457 e. The summed E-state index contributed by atoms with van der Waals surface area (Å²) in [6.07, 6.45) is 6.68. The van der Waals surface area contributed by atoms with E-state index in [1.54, 1.807) is 21.0 Å². The number of nitrogens with zero attached hydrogens (tertiary/aromatic N) is 1. The normalized spacial score (nSPS) is 50.3. The van der Waals surface area contributed by atoms with Gasteiger partial charge < -0.3 is 33.9 Å². The standard InChI is InChI=1S/C39H65NO8/c1-23-20-25(33(35(5,6)43)46-24(2)41)47-31-30(23)36(7)14-15-39-22-38(39)13-12-28(48-29-21-40(16-18-44-9)17-19-45-29)34(3,4)26(38)10-11-27(39)37(36,8)32(31)42/h23,25-33,42-43H,10-22H2,1-9H3/t23-,25-,26+,27+,28+,29?,30?,31?,32+,33+,36-,37-,38-,39+/m1/s1. The fourth-order valence-corrected chi connectivity index (χ4v) is 14.0. The van der Waals surface area contributed by atoms with Crippen LogP contribution in [0.3, 0.4) is 0 Å². The molecule has 2 aliphatic heterocycles. The third-order valence-corrected chi connectivity index (χ3v) is 16.1. The van der Waals surface area contributed by atoms with Gasteiger partial charge in [0.1, 0.15) is 0 Å². The number of hydrogen-bond donors (Lipinski definition) is 2. The Kier molecular flexibility index (Phi) is 8.79. The van der Waals surface area contributed by atoms with E-state index in [9.17, 15) is 15.0 Å². The van der Waals surface area contributed by atoms with E-state index >= 15 is 0 Å². The molecule has 0 bridgehead atoms. The minimum atomic E-state index is -1.25. The average Bonchev–Trinajstić information content (AvgIpc) is 3.64. The van der Waals surface area contributed by atoms with E-state index in [0.29, 0.717) is 30.3 Å². The van der Waals surface area contributed by atoms with Crippen LogP contribution in [-0.2, 0) is 28.5 Å². The zero-order valence-corrected chi connectivity index (χ0v) is 31.3. The fourth-order valence-electron chi connectivity index (χ4n) is 14.0. The number of aliphatic hydroxyl groups excluding tert-OH is 1. The highest BCUT2D eigenvalue weighted by molar-refractivity contribution is 5.66. The highest BCUT2D eigenvalue weighted by Crippen LogP contribution is 2.89. The van der Waals surface area contributed by atoms with Gasteiger partial charge in [0.15, 0.2) is 12.4 Å². The summed E-state index contributed by atoms with van der Waals surface area (Å²) < 4.78 is 30.9. The lowest BCUT2D eigenvalue weighted by atomic mass is 9.41. The first-order valence-corrected chi connectivity index (χ1v) is 19.2. The van der Waals surface area contributed by atoms with Crippen molar-refractivity contribution in [3.05, 3.63) is 0 Å². The van der Waals surface area contributed by atoms with Crippen LogP contribution in [0, 0.1) is 50.7 Å². The molecular weight excluding hydrogens is 610 g/mol.